The van der Waals surface area contributed by atoms with Gasteiger partial charge in [0.2, 0.25) is 5.91 Å². The Balaban J connectivity index is 1.54. The van der Waals surface area contributed by atoms with Crippen LogP contribution in [-0.2, 0) is 30.8 Å². The fourth-order valence-electron chi connectivity index (χ4n) is 3.39. The number of rotatable bonds is 6. The fourth-order valence-corrected chi connectivity index (χ4v) is 4.38. The van der Waals surface area contributed by atoms with Crippen LogP contribution in [0, 0.1) is 0 Å². The highest BCUT2D eigenvalue weighted by Gasteiger charge is 2.34. The third-order valence-corrected chi connectivity index (χ3v) is 6.58. The van der Waals surface area contributed by atoms with Crippen molar-refractivity contribution in [2.75, 3.05) is 5.01 Å². The second kappa shape index (κ2) is 8.99. The van der Waals surface area contributed by atoms with Gasteiger partial charge in [-0.2, -0.15) is 0 Å². The number of amides is 3. The van der Waals surface area contributed by atoms with Crippen LogP contribution in [0.4, 0.5) is 5.69 Å². The second-order valence-electron chi connectivity index (χ2n) is 7.55. The smallest absolute Gasteiger partial charge is 0.282 e. The molecule has 0 radical (unpaired) electrons. The summed E-state index contributed by atoms with van der Waals surface area (Å²) < 4.78 is 31.8. The van der Waals surface area contributed by atoms with Gasteiger partial charge in [-0.1, -0.05) is 19.1 Å². The Labute approximate surface area is 196 Å². The molecule has 3 aromatic rings. The zero-order valence-corrected chi connectivity index (χ0v) is 19.2. The lowest BCUT2D eigenvalue weighted by Crippen LogP contribution is -2.35. The number of carbonyl (C=O) groups is 3. The van der Waals surface area contributed by atoms with Crippen LogP contribution in [0.2, 0.25) is 0 Å². The van der Waals surface area contributed by atoms with E-state index in [1.807, 2.05) is 23.8 Å². The van der Waals surface area contributed by atoms with Gasteiger partial charge in [0, 0.05) is 12.5 Å². The minimum Gasteiger partial charge on any atom is -0.457 e. The van der Waals surface area contributed by atoms with E-state index in [0.29, 0.717) is 17.0 Å². The molecule has 4 rings (SSSR count). The zero-order chi connectivity index (χ0) is 24.5. The highest BCUT2D eigenvalue weighted by atomic mass is 32.2. The number of hydrogen-bond acceptors (Lipinski definition) is 6. The van der Waals surface area contributed by atoms with Crippen molar-refractivity contribution in [3.63, 3.8) is 0 Å². The molecule has 1 saturated heterocycles. The summed E-state index contributed by atoms with van der Waals surface area (Å²) in [6.45, 7) is 3.14. The lowest BCUT2D eigenvalue weighted by Gasteiger charge is -2.14. The largest absolute Gasteiger partial charge is 0.457 e. The molecule has 174 valence electrons. The van der Waals surface area contributed by atoms with Gasteiger partial charge in [-0.25, -0.2) is 18.1 Å². The summed E-state index contributed by atoms with van der Waals surface area (Å²) in [6.07, 6.45) is 2.22. The van der Waals surface area contributed by atoms with Crippen LogP contribution in [-0.4, -0.2) is 26.1 Å². The maximum atomic E-state index is 12.8. The van der Waals surface area contributed by atoms with E-state index in [0.717, 1.165) is 18.9 Å². The topological polar surface area (TPSA) is 126 Å². The normalized spacial score (nSPS) is 15.0. The number of nitrogens with one attached hydrogen (secondary N) is 2. The average molecular weight is 480 g/mol. The first-order valence-electron chi connectivity index (χ1n) is 10.4. The number of sulfonamides is 1. The Hall–Kier alpha value is -4.18. The lowest BCUT2D eigenvalue weighted by molar-refractivity contribution is -0.118. The molecule has 1 aromatic heterocycles. The summed E-state index contributed by atoms with van der Waals surface area (Å²) in [6, 6.07) is 16.3. The molecule has 1 aliphatic rings. The van der Waals surface area contributed by atoms with E-state index in [2.05, 4.69) is 5.43 Å². The molecule has 2 N–H and O–H groups in total. The van der Waals surface area contributed by atoms with Crippen LogP contribution in [0.5, 0.6) is 0 Å². The SMILES string of the molecule is CCc1ccc(N2NC(=O)C(=Cc3ccc(-c4ccc(S(=O)(=O)NC(C)=O)cc4)o3)C2=O)cc1. The van der Waals surface area contributed by atoms with Gasteiger partial charge in [-0.15, -0.1) is 0 Å². The first-order chi connectivity index (χ1) is 16.2. The quantitative estimate of drug-likeness (QED) is 0.414. The third kappa shape index (κ3) is 4.62. The molecule has 10 heteroatoms. The van der Waals surface area contributed by atoms with E-state index in [1.165, 1.54) is 35.4 Å². The molecule has 34 heavy (non-hydrogen) atoms. The van der Waals surface area contributed by atoms with Crippen molar-refractivity contribution in [3.8, 4) is 11.3 Å². The van der Waals surface area contributed by atoms with Crippen molar-refractivity contribution >= 4 is 39.5 Å². The van der Waals surface area contributed by atoms with Crippen LogP contribution in [0.25, 0.3) is 17.4 Å². The third-order valence-electron chi connectivity index (χ3n) is 5.13. The Morgan fingerprint density at radius 3 is 2.32 bits per heavy atom. The lowest BCUT2D eigenvalue weighted by atomic mass is 10.1. The molecule has 0 bridgehead atoms. The summed E-state index contributed by atoms with van der Waals surface area (Å²) in [7, 11) is -3.94. The van der Waals surface area contributed by atoms with E-state index >= 15 is 0 Å². The average Bonchev–Trinajstić information content (AvgIpc) is 3.39. The molecule has 2 heterocycles. The molecule has 0 spiro atoms. The maximum absolute atomic E-state index is 12.8. The molecule has 9 nitrogen and oxygen atoms in total. The number of carbonyl (C=O) groups excluding carboxylic acids is 3. The van der Waals surface area contributed by atoms with Crippen LogP contribution < -0.4 is 15.2 Å². The Morgan fingerprint density at radius 2 is 1.71 bits per heavy atom. The van der Waals surface area contributed by atoms with E-state index < -0.39 is 27.7 Å². The number of hydrogen-bond donors (Lipinski definition) is 2. The minimum atomic E-state index is -3.94. The zero-order valence-electron chi connectivity index (χ0n) is 18.4. The molecule has 0 unspecified atom stereocenters. The number of hydrazine groups is 1. The van der Waals surface area contributed by atoms with Crippen LogP contribution in [0.15, 0.2) is 75.5 Å². The molecular formula is C24H21N3O6S. The summed E-state index contributed by atoms with van der Waals surface area (Å²) in [5.74, 6) is -1.04. The van der Waals surface area contributed by atoms with Crippen LogP contribution >= 0.6 is 0 Å². The molecule has 1 fully saturated rings. The van der Waals surface area contributed by atoms with Crippen molar-refractivity contribution in [3.05, 3.63) is 77.6 Å². The number of nitrogens with zero attached hydrogens (tertiary/aromatic N) is 1. The minimum absolute atomic E-state index is 0.0689. The first kappa shape index (κ1) is 23.0. The molecule has 1 aliphatic heterocycles. The number of aryl methyl sites for hydroxylation is 1. The molecule has 3 amide bonds. The molecule has 0 aliphatic carbocycles. The van der Waals surface area contributed by atoms with Gasteiger partial charge in [0.15, 0.2) is 0 Å². The summed E-state index contributed by atoms with van der Waals surface area (Å²) in [5, 5.41) is 1.19. The summed E-state index contributed by atoms with van der Waals surface area (Å²) in [5.41, 5.74) is 4.71. The van der Waals surface area contributed by atoms with Crippen molar-refractivity contribution in [2.24, 2.45) is 0 Å². The first-order valence-corrected chi connectivity index (χ1v) is 11.9. The van der Waals surface area contributed by atoms with E-state index in [9.17, 15) is 22.8 Å². The van der Waals surface area contributed by atoms with Crippen molar-refractivity contribution in [1.82, 2.24) is 10.1 Å². The van der Waals surface area contributed by atoms with Gasteiger partial charge in [0.1, 0.15) is 17.1 Å². The molecule has 0 atom stereocenters. The predicted molar refractivity (Wildman–Crippen MR) is 125 cm³/mol. The number of furan rings is 1. The van der Waals surface area contributed by atoms with Gasteiger partial charge in [-0.3, -0.25) is 19.8 Å². The molecule has 2 aromatic carbocycles. The van der Waals surface area contributed by atoms with E-state index in [4.69, 9.17) is 4.42 Å². The van der Waals surface area contributed by atoms with Crippen molar-refractivity contribution < 1.29 is 27.2 Å². The van der Waals surface area contributed by atoms with Gasteiger partial charge in [-0.05, 0) is 66.6 Å². The van der Waals surface area contributed by atoms with Gasteiger partial charge in [0.05, 0.1) is 10.6 Å². The second-order valence-corrected chi connectivity index (χ2v) is 9.23. The van der Waals surface area contributed by atoms with E-state index in [1.54, 1.807) is 24.3 Å². The Morgan fingerprint density at radius 1 is 1.03 bits per heavy atom. The molecule has 0 saturated carbocycles. The Kier molecular flexibility index (Phi) is 6.08. The molecular weight excluding hydrogens is 458 g/mol. The monoisotopic (exact) mass is 479 g/mol. The van der Waals surface area contributed by atoms with Gasteiger partial charge >= 0.3 is 0 Å². The fraction of sp³-hybridized carbons (Fsp3) is 0.125. The van der Waals surface area contributed by atoms with Crippen LogP contribution in [0.3, 0.4) is 0 Å². The summed E-state index contributed by atoms with van der Waals surface area (Å²) >= 11 is 0. The van der Waals surface area contributed by atoms with E-state index in [-0.39, 0.29) is 16.2 Å². The summed E-state index contributed by atoms with van der Waals surface area (Å²) in [4.78, 5) is 36.2. The standard InChI is InChI=1S/C24H21N3O6S/c1-3-16-4-8-18(9-5-16)27-24(30)21(23(29)25-27)14-19-10-13-22(33-19)17-6-11-20(12-7-17)34(31,32)26-15(2)28/h4-14H,3H2,1-2H3,(H,25,29)(H,26,28). The van der Waals surface area contributed by atoms with Gasteiger partial charge < -0.3 is 4.42 Å². The van der Waals surface area contributed by atoms with Crippen molar-refractivity contribution in [2.45, 2.75) is 25.2 Å². The highest BCUT2D eigenvalue weighted by Crippen LogP contribution is 2.27. The predicted octanol–water partition coefficient (Wildman–Crippen LogP) is 2.80. The van der Waals surface area contributed by atoms with Gasteiger partial charge in [0.25, 0.3) is 21.8 Å². The highest BCUT2D eigenvalue weighted by molar-refractivity contribution is 7.90. The Bertz CT molecular complexity index is 1400. The maximum Gasteiger partial charge on any atom is 0.282 e. The number of benzene rings is 2. The van der Waals surface area contributed by atoms with Crippen LogP contribution in [0.1, 0.15) is 25.2 Å². The number of anilines is 1. The van der Waals surface area contributed by atoms with Crippen molar-refractivity contribution in [1.29, 1.82) is 0 Å².